The van der Waals surface area contributed by atoms with Crippen LogP contribution in [0.25, 0.3) is 0 Å². The molecular formula is C14H22O2. The Morgan fingerprint density at radius 1 is 1.25 bits per heavy atom. The number of rotatable bonds is 4. The van der Waals surface area contributed by atoms with Crippen LogP contribution < -0.4 is 4.74 Å². The molecule has 0 aliphatic carbocycles. The molecule has 0 bridgehead atoms. The second-order valence-electron chi connectivity index (χ2n) is 4.36. The monoisotopic (exact) mass is 222 g/mol. The van der Waals surface area contributed by atoms with E-state index in [0.717, 1.165) is 35.3 Å². The number of ether oxygens (including phenoxy) is 1. The second kappa shape index (κ2) is 5.24. The Labute approximate surface area is 98.3 Å². The SMILES string of the molecule is CCc1cc(OC(C)C)c(CC)c(C)c1O. The zero-order valence-electron chi connectivity index (χ0n) is 10.9. The molecule has 0 heterocycles. The number of phenols is 1. The number of benzene rings is 1. The summed E-state index contributed by atoms with van der Waals surface area (Å²) in [6, 6.07) is 1.97. The molecule has 90 valence electrons. The van der Waals surface area contributed by atoms with Gasteiger partial charge in [0, 0.05) is 5.56 Å². The molecule has 0 aliphatic rings. The lowest BCUT2D eigenvalue weighted by atomic mass is 9.99. The smallest absolute Gasteiger partial charge is 0.123 e. The van der Waals surface area contributed by atoms with Crippen LogP contribution in [0.2, 0.25) is 0 Å². The van der Waals surface area contributed by atoms with Gasteiger partial charge in [0.15, 0.2) is 0 Å². The quantitative estimate of drug-likeness (QED) is 0.843. The highest BCUT2D eigenvalue weighted by Gasteiger charge is 2.14. The fourth-order valence-corrected chi connectivity index (χ4v) is 1.95. The molecule has 0 aliphatic heterocycles. The zero-order valence-corrected chi connectivity index (χ0v) is 10.9. The zero-order chi connectivity index (χ0) is 12.3. The Kier molecular flexibility index (Phi) is 4.22. The van der Waals surface area contributed by atoms with E-state index in [1.807, 2.05) is 33.8 Å². The predicted octanol–water partition coefficient (Wildman–Crippen LogP) is 3.61. The minimum absolute atomic E-state index is 0.166. The largest absolute Gasteiger partial charge is 0.507 e. The summed E-state index contributed by atoms with van der Waals surface area (Å²) in [4.78, 5) is 0. The van der Waals surface area contributed by atoms with E-state index < -0.39 is 0 Å². The fraction of sp³-hybridized carbons (Fsp3) is 0.571. The van der Waals surface area contributed by atoms with Crippen molar-refractivity contribution in [3.63, 3.8) is 0 Å². The van der Waals surface area contributed by atoms with Gasteiger partial charge in [0.05, 0.1) is 6.10 Å². The summed E-state index contributed by atoms with van der Waals surface area (Å²) in [5, 5.41) is 10.0. The molecule has 1 aromatic carbocycles. The van der Waals surface area contributed by atoms with Crippen molar-refractivity contribution >= 4 is 0 Å². The summed E-state index contributed by atoms with van der Waals surface area (Å²) >= 11 is 0. The number of phenolic OH excluding ortho intramolecular Hbond substituents is 1. The normalized spacial score (nSPS) is 10.9. The molecule has 0 saturated heterocycles. The van der Waals surface area contributed by atoms with Gasteiger partial charge in [-0.2, -0.15) is 0 Å². The van der Waals surface area contributed by atoms with Crippen molar-refractivity contribution in [2.75, 3.05) is 0 Å². The molecule has 1 N–H and O–H groups in total. The average molecular weight is 222 g/mol. The lowest BCUT2D eigenvalue weighted by molar-refractivity contribution is 0.239. The molecule has 0 fully saturated rings. The van der Waals surface area contributed by atoms with Gasteiger partial charge < -0.3 is 9.84 Å². The first-order valence-electron chi connectivity index (χ1n) is 6.02. The Bertz CT molecular complexity index is 367. The van der Waals surface area contributed by atoms with E-state index in [0.29, 0.717) is 5.75 Å². The van der Waals surface area contributed by atoms with Crippen molar-refractivity contribution in [2.24, 2.45) is 0 Å². The fourth-order valence-electron chi connectivity index (χ4n) is 1.95. The third kappa shape index (κ3) is 2.49. The number of hydrogen-bond acceptors (Lipinski definition) is 2. The van der Waals surface area contributed by atoms with Gasteiger partial charge >= 0.3 is 0 Å². The van der Waals surface area contributed by atoms with Crippen LogP contribution >= 0.6 is 0 Å². The van der Waals surface area contributed by atoms with Crippen molar-refractivity contribution in [3.8, 4) is 11.5 Å². The lowest BCUT2D eigenvalue weighted by Gasteiger charge is -2.18. The first-order chi connectivity index (χ1) is 7.51. The van der Waals surface area contributed by atoms with Gasteiger partial charge in [-0.05, 0) is 50.8 Å². The Balaban J connectivity index is 3.29. The molecule has 0 atom stereocenters. The van der Waals surface area contributed by atoms with Crippen LogP contribution in [-0.4, -0.2) is 11.2 Å². The second-order valence-corrected chi connectivity index (χ2v) is 4.36. The van der Waals surface area contributed by atoms with Gasteiger partial charge in [0.25, 0.3) is 0 Å². The highest BCUT2D eigenvalue weighted by atomic mass is 16.5. The molecule has 0 spiro atoms. The van der Waals surface area contributed by atoms with E-state index >= 15 is 0 Å². The number of aromatic hydroxyl groups is 1. The van der Waals surface area contributed by atoms with Crippen LogP contribution in [-0.2, 0) is 12.8 Å². The van der Waals surface area contributed by atoms with E-state index in [4.69, 9.17) is 4.74 Å². The van der Waals surface area contributed by atoms with Crippen LogP contribution in [0.4, 0.5) is 0 Å². The predicted molar refractivity (Wildman–Crippen MR) is 67.4 cm³/mol. The molecule has 2 heteroatoms. The maximum Gasteiger partial charge on any atom is 0.123 e. The molecular weight excluding hydrogens is 200 g/mol. The number of hydrogen-bond donors (Lipinski definition) is 1. The molecule has 16 heavy (non-hydrogen) atoms. The van der Waals surface area contributed by atoms with Gasteiger partial charge in [-0.25, -0.2) is 0 Å². The summed E-state index contributed by atoms with van der Waals surface area (Å²) in [5.74, 6) is 1.35. The maximum atomic E-state index is 10.0. The van der Waals surface area contributed by atoms with E-state index in [-0.39, 0.29) is 6.10 Å². The Morgan fingerprint density at radius 3 is 2.31 bits per heavy atom. The maximum absolute atomic E-state index is 10.0. The first kappa shape index (κ1) is 12.9. The lowest BCUT2D eigenvalue weighted by Crippen LogP contribution is -2.09. The van der Waals surface area contributed by atoms with Gasteiger partial charge in [-0.15, -0.1) is 0 Å². The van der Waals surface area contributed by atoms with Gasteiger partial charge in [0.1, 0.15) is 11.5 Å². The summed E-state index contributed by atoms with van der Waals surface area (Å²) in [6.45, 7) is 10.1. The highest BCUT2D eigenvalue weighted by Crippen LogP contribution is 2.34. The molecule has 0 saturated carbocycles. The molecule has 0 unspecified atom stereocenters. The van der Waals surface area contributed by atoms with E-state index in [1.54, 1.807) is 0 Å². The van der Waals surface area contributed by atoms with Crippen molar-refractivity contribution < 1.29 is 9.84 Å². The molecule has 0 radical (unpaired) electrons. The Morgan fingerprint density at radius 2 is 1.88 bits per heavy atom. The van der Waals surface area contributed by atoms with Crippen LogP contribution in [0.1, 0.15) is 44.4 Å². The molecule has 2 nitrogen and oxygen atoms in total. The van der Waals surface area contributed by atoms with Crippen LogP contribution in [0, 0.1) is 6.92 Å². The summed E-state index contributed by atoms with van der Waals surface area (Å²) < 4.78 is 5.80. The van der Waals surface area contributed by atoms with Gasteiger partial charge in [-0.3, -0.25) is 0 Å². The van der Waals surface area contributed by atoms with E-state index in [2.05, 4.69) is 6.92 Å². The van der Waals surface area contributed by atoms with E-state index in [9.17, 15) is 5.11 Å². The summed E-state index contributed by atoms with van der Waals surface area (Å²) in [6.07, 6.45) is 1.87. The standard InChI is InChI=1S/C14H22O2/c1-6-11-8-13(16-9(3)4)12(7-2)10(5)14(11)15/h8-9,15H,6-7H2,1-5H3. The van der Waals surface area contributed by atoms with Gasteiger partial charge in [0.2, 0.25) is 0 Å². The van der Waals surface area contributed by atoms with Crippen molar-refractivity contribution in [3.05, 3.63) is 22.8 Å². The van der Waals surface area contributed by atoms with Crippen molar-refractivity contribution in [1.29, 1.82) is 0 Å². The highest BCUT2D eigenvalue weighted by molar-refractivity contribution is 5.52. The minimum Gasteiger partial charge on any atom is -0.507 e. The topological polar surface area (TPSA) is 29.5 Å². The molecule has 1 rings (SSSR count). The van der Waals surface area contributed by atoms with Crippen molar-refractivity contribution in [2.45, 2.75) is 53.6 Å². The Hall–Kier alpha value is -1.18. The molecule has 0 aromatic heterocycles. The summed E-state index contributed by atoms with van der Waals surface area (Å²) in [5.41, 5.74) is 3.03. The first-order valence-corrected chi connectivity index (χ1v) is 6.02. The van der Waals surface area contributed by atoms with Gasteiger partial charge in [-0.1, -0.05) is 13.8 Å². The molecule has 1 aromatic rings. The summed E-state index contributed by atoms with van der Waals surface area (Å²) in [7, 11) is 0. The average Bonchev–Trinajstić information content (AvgIpc) is 2.23. The molecule has 0 amide bonds. The van der Waals surface area contributed by atoms with Crippen molar-refractivity contribution in [1.82, 2.24) is 0 Å². The third-order valence-corrected chi connectivity index (χ3v) is 2.81. The van der Waals surface area contributed by atoms with E-state index in [1.165, 1.54) is 0 Å². The van der Waals surface area contributed by atoms with Crippen LogP contribution in [0.3, 0.4) is 0 Å². The third-order valence-electron chi connectivity index (χ3n) is 2.81. The minimum atomic E-state index is 0.166. The van der Waals surface area contributed by atoms with Crippen LogP contribution in [0.5, 0.6) is 11.5 Å². The number of aryl methyl sites for hydroxylation is 1. The van der Waals surface area contributed by atoms with Crippen LogP contribution in [0.15, 0.2) is 6.07 Å².